The molecule has 1 saturated heterocycles. The number of nitrogens with zero attached hydrogens (tertiary/aromatic N) is 2. The first-order valence-corrected chi connectivity index (χ1v) is 6.90. The molecule has 2 rings (SSSR count). The van der Waals surface area contributed by atoms with Crippen molar-refractivity contribution in [3.63, 3.8) is 0 Å². The van der Waals surface area contributed by atoms with Gasteiger partial charge in [0, 0.05) is 19.6 Å². The smallest absolute Gasteiger partial charge is 0.414 e. The summed E-state index contributed by atoms with van der Waals surface area (Å²) < 4.78 is 0. The average molecular weight is 294 g/mol. The summed E-state index contributed by atoms with van der Waals surface area (Å²) in [6.45, 7) is 5.98. The highest BCUT2D eigenvalue weighted by Gasteiger charge is 2.11. The van der Waals surface area contributed by atoms with Crippen molar-refractivity contribution in [3.05, 3.63) is 35.9 Å². The van der Waals surface area contributed by atoms with Gasteiger partial charge < -0.3 is 15.1 Å². The number of carbonyl (C=O) groups is 2. The van der Waals surface area contributed by atoms with Crippen molar-refractivity contribution < 1.29 is 19.8 Å². The van der Waals surface area contributed by atoms with Gasteiger partial charge in [0.25, 0.3) is 0 Å². The van der Waals surface area contributed by atoms with Crippen molar-refractivity contribution in [3.8, 4) is 0 Å². The standard InChI is InChI=1S/C13H20N2.C2H2O4/c1-14-8-5-9-15(11-10-14)12-13-6-3-2-4-7-13;3-1(4)2(5)6/h2-4,6-7H,5,8-12H2,1H3;(H,3,4)(H,5,6). The van der Waals surface area contributed by atoms with Crippen molar-refractivity contribution >= 4 is 11.9 Å². The number of carboxylic acid groups (broad SMARTS) is 2. The molecule has 1 aliphatic heterocycles. The summed E-state index contributed by atoms with van der Waals surface area (Å²) in [6.07, 6.45) is 1.29. The van der Waals surface area contributed by atoms with Crippen LogP contribution in [-0.2, 0) is 16.1 Å². The van der Waals surface area contributed by atoms with E-state index in [0.29, 0.717) is 0 Å². The van der Waals surface area contributed by atoms with Crippen molar-refractivity contribution in [1.29, 1.82) is 0 Å². The Hall–Kier alpha value is -1.92. The molecule has 0 saturated carbocycles. The molecule has 1 heterocycles. The minimum absolute atomic E-state index is 1.11. The van der Waals surface area contributed by atoms with E-state index in [0.717, 1.165) is 6.54 Å². The maximum absolute atomic E-state index is 9.10. The van der Waals surface area contributed by atoms with E-state index in [-0.39, 0.29) is 0 Å². The lowest BCUT2D eigenvalue weighted by Crippen LogP contribution is -2.28. The Balaban J connectivity index is 0.000000315. The second kappa shape index (κ2) is 9.10. The molecule has 6 heteroatoms. The molecule has 0 spiro atoms. The van der Waals surface area contributed by atoms with Crippen LogP contribution in [0, 0.1) is 0 Å². The molecule has 6 nitrogen and oxygen atoms in total. The van der Waals surface area contributed by atoms with Crippen LogP contribution in [0.5, 0.6) is 0 Å². The highest BCUT2D eigenvalue weighted by Crippen LogP contribution is 2.07. The van der Waals surface area contributed by atoms with Crippen molar-refractivity contribution in [2.75, 3.05) is 33.2 Å². The lowest BCUT2D eigenvalue weighted by Gasteiger charge is -2.19. The molecule has 1 aliphatic rings. The molecule has 116 valence electrons. The first-order valence-electron chi connectivity index (χ1n) is 6.90. The molecule has 21 heavy (non-hydrogen) atoms. The molecule has 1 aromatic carbocycles. The number of hydrogen-bond acceptors (Lipinski definition) is 4. The van der Waals surface area contributed by atoms with Crippen LogP contribution in [0.3, 0.4) is 0 Å². The van der Waals surface area contributed by atoms with Gasteiger partial charge in [0.05, 0.1) is 0 Å². The van der Waals surface area contributed by atoms with Gasteiger partial charge in [0.15, 0.2) is 0 Å². The SMILES string of the molecule is CN1CCCN(Cc2ccccc2)CC1.O=C(O)C(=O)O. The Morgan fingerprint density at radius 3 is 2.19 bits per heavy atom. The van der Waals surface area contributed by atoms with E-state index >= 15 is 0 Å². The third-order valence-electron chi connectivity index (χ3n) is 3.24. The van der Waals surface area contributed by atoms with Gasteiger partial charge in [0.2, 0.25) is 0 Å². The van der Waals surface area contributed by atoms with Gasteiger partial charge in [-0.2, -0.15) is 0 Å². The Morgan fingerprint density at radius 2 is 1.62 bits per heavy atom. The Bertz CT molecular complexity index is 438. The Morgan fingerprint density at radius 1 is 1.00 bits per heavy atom. The summed E-state index contributed by atoms with van der Waals surface area (Å²) in [5, 5.41) is 14.8. The second-order valence-corrected chi connectivity index (χ2v) is 5.03. The van der Waals surface area contributed by atoms with Gasteiger partial charge in [-0.25, -0.2) is 9.59 Å². The van der Waals surface area contributed by atoms with Gasteiger partial charge in [-0.05, 0) is 32.1 Å². The zero-order valence-electron chi connectivity index (χ0n) is 12.2. The zero-order chi connectivity index (χ0) is 15.7. The van der Waals surface area contributed by atoms with Crippen LogP contribution in [0.25, 0.3) is 0 Å². The fraction of sp³-hybridized carbons (Fsp3) is 0.467. The van der Waals surface area contributed by atoms with Crippen LogP contribution in [0.4, 0.5) is 0 Å². The molecular weight excluding hydrogens is 272 g/mol. The van der Waals surface area contributed by atoms with Crippen LogP contribution in [0.15, 0.2) is 30.3 Å². The quantitative estimate of drug-likeness (QED) is 0.791. The summed E-state index contributed by atoms with van der Waals surface area (Å²) in [7, 11) is 2.21. The fourth-order valence-corrected chi connectivity index (χ4v) is 2.10. The first kappa shape index (κ1) is 17.1. The molecule has 0 atom stereocenters. The van der Waals surface area contributed by atoms with Gasteiger partial charge in [-0.3, -0.25) is 4.90 Å². The van der Waals surface area contributed by atoms with E-state index in [9.17, 15) is 0 Å². The second-order valence-electron chi connectivity index (χ2n) is 5.03. The first-order chi connectivity index (χ1) is 9.99. The highest BCUT2D eigenvalue weighted by molar-refractivity contribution is 6.27. The summed E-state index contributed by atoms with van der Waals surface area (Å²) >= 11 is 0. The lowest BCUT2D eigenvalue weighted by molar-refractivity contribution is -0.159. The van der Waals surface area contributed by atoms with Gasteiger partial charge in [-0.15, -0.1) is 0 Å². The molecule has 0 amide bonds. The monoisotopic (exact) mass is 294 g/mol. The average Bonchev–Trinajstić information content (AvgIpc) is 2.65. The Labute approximate surface area is 124 Å². The molecular formula is C15H22N2O4. The molecule has 2 N–H and O–H groups in total. The van der Waals surface area contributed by atoms with Crippen LogP contribution >= 0.6 is 0 Å². The van der Waals surface area contributed by atoms with E-state index < -0.39 is 11.9 Å². The highest BCUT2D eigenvalue weighted by atomic mass is 16.4. The van der Waals surface area contributed by atoms with Gasteiger partial charge in [0.1, 0.15) is 0 Å². The predicted molar refractivity (Wildman–Crippen MR) is 79.1 cm³/mol. The third-order valence-corrected chi connectivity index (χ3v) is 3.24. The van der Waals surface area contributed by atoms with Crippen molar-refractivity contribution in [1.82, 2.24) is 9.80 Å². The van der Waals surface area contributed by atoms with E-state index in [1.807, 2.05) is 0 Å². The maximum Gasteiger partial charge on any atom is 0.414 e. The molecule has 1 aromatic rings. The fourth-order valence-electron chi connectivity index (χ4n) is 2.10. The number of benzene rings is 1. The number of carboxylic acids is 2. The van der Waals surface area contributed by atoms with Crippen LogP contribution in [0.1, 0.15) is 12.0 Å². The topological polar surface area (TPSA) is 81.1 Å². The number of likely N-dealkylation sites (N-methyl/N-ethyl adjacent to an activating group) is 1. The third kappa shape index (κ3) is 7.43. The number of hydrogen-bond donors (Lipinski definition) is 2. The largest absolute Gasteiger partial charge is 0.473 e. The molecule has 1 fully saturated rings. The lowest BCUT2D eigenvalue weighted by atomic mass is 10.2. The number of rotatable bonds is 2. The summed E-state index contributed by atoms with van der Waals surface area (Å²) in [4.78, 5) is 23.2. The van der Waals surface area contributed by atoms with Gasteiger partial charge >= 0.3 is 11.9 Å². The molecule has 0 aliphatic carbocycles. The maximum atomic E-state index is 9.10. The van der Waals surface area contributed by atoms with Gasteiger partial charge in [-0.1, -0.05) is 30.3 Å². The van der Waals surface area contributed by atoms with Crippen LogP contribution < -0.4 is 0 Å². The summed E-state index contributed by atoms with van der Waals surface area (Å²) in [5.74, 6) is -3.65. The van der Waals surface area contributed by atoms with E-state index in [2.05, 4.69) is 47.2 Å². The molecule has 0 radical (unpaired) electrons. The van der Waals surface area contributed by atoms with Crippen molar-refractivity contribution in [2.45, 2.75) is 13.0 Å². The van der Waals surface area contributed by atoms with Crippen LogP contribution in [-0.4, -0.2) is 65.2 Å². The van der Waals surface area contributed by atoms with Crippen LogP contribution in [0.2, 0.25) is 0 Å². The molecule has 0 bridgehead atoms. The predicted octanol–water partition coefficient (Wildman–Crippen LogP) is 0.980. The minimum atomic E-state index is -1.82. The zero-order valence-corrected chi connectivity index (χ0v) is 12.2. The van der Waals surface area contributed by atoms with Crippen molar-refractivity contribution in [2.24, 2.45) is 0 Å². The summed E-state index contributed by atoms with van der Waals surface area (Å²) in [5.41, 5.74) is 1.43. The summed E-state index contributed by atoms with van der Waals surface area (Å²) in [6, 6.07) is 10.8. The number of aliphatic carboxylic acids is 2. The van der Waals surface area contributed by atoms with E-state index in [1.54, 1.807) is 0 Å². The van der Waals surface area contributed by atoms with E-state index in [4.69, 9.17) is 19.8 Å². The van der Waals surface area contributed by atoms with E-state index in [1.165, 1.54) is 38.2 Å². The normalized spacial score (nSPS) is 16.4. The molecule has 0 aromatic heterocycles. The molecule has 0 unspecified atom stereocenters. The Kier molecular flexibility index (Phi) is 7.42. The minimum Gasteiger partial charge on any atom is -0.473 e.